The average Bonchev–Trinajstić information content (AvgIpc) is 3.06. The van der Waals surface area contributed by atoms with E-state index in [0.717, 1.165) is 23.3 Å². The van der Waals surface area contributed by atoms with Crippen LogP contribution in [0.5, 0.6) is 5.75 Å². The second-order valence-corrected chi connectivity index (χ2v) is 6.55. The van der Waals surface area contributed by atoms with Crippen LogP contribution in [0.4, 0.5) is 0 Å². The van der Waals surface area contributed by atoms with E-state index in [1.165, 1.54) is 5.56 Å². The number of ether oxygens (including phenoxy) is 1. The lowest BCUT2D eigenvalue weighted by atomic mass is 9.78. The van der Waals surface area contributed by atoms with Crippen molar-refractivity contribution >= 4 is 5.91 Å². The van der Waals surface area contributed by atoms with E-state index in [0.29, 0.717) is 19.3 Å². The molecule has 120 valence electrons. The van der Waals surface area contributed by atoms with Gasteiger partial charge in [-0.25, -0.2) is 0 Å². The van der Waals surface area contributed by atoms with Crippen molar-refractivity contribution in [3.8, 4) is 11.8 Å². The number of amides is 1. The molecule has 2 aliphatic rings. The molecule has 2 aromatic rings. The molecule has 1 aliphatic heterocycles. The first kappa shape index (κ1) is 14.8. The lowest BCUT2D eigenvalue weighted by molar-refractivity contribution is -0.128. The summed E-state index contributed by atoms with van der Waals surface area (Å²) < 4.78 is 5.75. The highest BCUT2D eigenvalue weighted by Crippen LogP contribution is 2.31. The van der Waals surface area contributed by atoms with Gasteiger partial charge in [0.25, 0.3) is 5.91 Å². The highest BCUT2D eigenvalue weighted by atomic mass is 16.5. The summed E-state index contributed by atoms with van der Waals surface area (Å²) in [5.41, 5.74) is 2.60. The minimum atomic E-state index is -0.844. The molecule has 1 amide bonds. The Hall–Kier alpha value is -2.80. The summed E-state index contributed by atoms with van der Waals surface area (Å²) >= 11 is 0. The molecule has 0 unspecified atom stereocenters. The lowest BCUT2D eigenvalue weighted by Gasteiger charge is -2.33. The fraction of sp³-hybridized carbons (Fsp3) is 0.300. The Morgan fingerprint density at radius 3 is 2.58 bits per heavy atom. The van der Waals surface area contributed by atoms with Crippen LogP contribution in [0.1, 0.15) is 23.1 Å². The maximum atomic E-state index is 12.7. The van der Waals surface area contributed by atoms with E-state index in [1.807, 2.05) is 42.5 Å². The Morgan fingerprint density at radius 1 is 1.12 bits per heavy atom. The number of nitrogens with one attached hydrogen (secondary N) is 1. The topological polar surface area (TPSA) is 62.1 Å². The summed E-state index contributed by atoms with van der Waals surface area (Å²) in [6.07, 6.45) is 1.98. The Kier molecular flexibility index (Phi) is 3.50. The Balaban J connectivity index is 1.50. The van der Waals surface area contributed by atoms with Crippen molar-refractivity contribution in [1.29, 1.82) is 5.26 Å². The molecule has 0 saturated carbocycles. The van der Waals surface area contributed by atoms with Crippen molar-refractivity contribution in [2.75, 3.05) is 0 Å². The summed E-state index contributed by atoms with van der Waals surface area (Å²) in [5.74, 6) is 0.560. The molecule has 4 heteroatoms. The number of fused-ring (bicyclic) bond motifs is 2. The van der Waals surface area contributed by atoms with Crippen LogP contribution in [0.15, 0.2) is 48.5 Å². The normalized spacial score (nSPS) is 24.2. The largest absolute Gasteiger partial charge is 0.480 e. The van der Waals surface area contributed by atoms with Crippen molar-refractivity contribution < 1.29 is 9.53 Å². The third-order valence-electron chi connectivity index (χ3n) is 4.95. The summed E-state index contributed by atoms with van der Waals surface area (Å²) in [6, 6.07) is 18.2. The first-order valence-corrected chi connectivity index (χ1v) is 8.24. The van der Waals surface area contributed by atoms with E-state index in [1.54, 1.807) is 0 Å². The number of benzene rings is 2. The fourth-order valence-electron chi connectivity index (χ4n) is 3.61. The first-order valence-electron chi connectivity index (χ1n) is 8.24. The van der Waals surface area contributed by atoms with Crippen molar-refractivity contribution in [2.45, 2.75) is 37.3 Å². The van der Waals surface area contributed by atoms with E-state index in [-0.39, 0.29) is 5.91 Å². The quantitative estimate of drug-likeness (QED) is 0.925. The summed E-state index contributed by atoms with van der Waals surface area (Å²) in [4.78, 5) is 12.7. The third kappa shape index (κ3) is 2.52. The van der Waals surface area contributed by atoms with E-state index < -0.39 is 11.6 Å². The van der Waals surface area contributed by atoms with Gasteiger partial charge < -0.3 is 10.1 Å². The lowest BCUT2D eigenvalue weighted by Crippen LogP contribution is -2.54. The van der Waals surface area contributed by atoms with Gasteiger partial charge in [-0.15, -0.1) is 0 Å². The Labute approximate surface area is 141 Å². The highest BCUT2D eigenvalue weighted by Gasteiger charge is 2.39. The molecule has 24 heavy (non-hydrogen) atoms. The van der Waals surface area contributed by atoms with Crippen LogP contribution in [0.25, 0.3) is 0 Å². The molecule has 0 aromatic heterocycles. The van der Waals surface area contributed by atoms with Crippen LogP contribution in [-0.2, 0) is 24.1 Å². The molecule has 2 aromatic carbocycles. The molecule has 2 atom stereocenters. The molecule has 0 fully saturated rings. The minimum Gasteiger partial charge on any atom is -0.480 e. The molecule has 1 N–H and O–H groups in total. The Morgan fingerprint density at radius 2 is 1.83 bits per heavy atom. The maximum Gasteiger partial charge on any atom is 0.262 e. The minimum absolute atomic E-state index is 0.202. The molecule has 0 bridgehead atoms. The smallest absolute Gasteiger partial charge is 0.262 e. The average molecular weight is 318 g/mol. The second-order valence-electron chi connectivity index (χ2n) is 6.55. The van der Waals surface area contributed by atoms with Crippen LogP contribution in [0.2, 0.25) is 0 Å². The molecule has 1 aliphatic carbocycles. The third-order valence-corrected chi connectivity index (χ3v) is 4.95. The van der Waals surface area contributed by atoms with E-state index in [4.69, 9.17) is 4.74 Å². The predicted octanol–water partition coefficient (Wildman–Crippen LogP) is 2.56. The molecule has 1 heterocycles. The van der Waals surface area contributed by atoms with Crippen LogP contribution < -0.4 is 10.1 Å². The molecular formula is C20H18N2O2. The highest BCUT2D eigenvalue weighted by molar-refractivity contribution is 5.83. The van der Waals surface area contributed by atoms with Gasteiger partial charge >= 0.3 is 0 Å². The molecule has 4 rings (SSSR count). The van der Waals surface area contributed by atoms with Gasteiger partial charge in [0.15, 0.2) is 6.10 Å². The van der Waals surface area contributed by atoms with Gasteiger partial charge in [0.1, 0.15) is 11.3 Å². The number of hydrogen-bond donors (Lipinski definition) is 1. The van der Waals surface area contributed by atoms with E-state index in [2.05, 4.69) is 17.5 Å². The Bertz CT molecular complexity index is 815. The molecule has 0 spiro atoms. The number of nitrogens with zero attached hydrogens (tertiary/aromatic N) is 1. The van der Waals surface area contributed by atoms with Gasteiger partial charge in [0, 0.05) is 12.8 Å². The SMILES string of the molecule is N#C[C@@]1(NC(=O)[C@H]2Cc3ccccc3O2)CCc2ccccc2C1. The van der Waals surface area contributed by atoms with Crippen LogP contribution >= 0.6 is 0 Å². The summed E-state index contributed by atoms with van der Waals surface area (Å²) in [6.45, 7) is 0. The zero-order valence-electron chi connectivity index (χ0n) is 13.3. The monoisotopic (exact) mass is 318 g/mol. The second kappa shape index (κ2) is 5.68. The summed E-state index contributed by atoms with van der Waals surface area (Å²) in [5, 5.41) is 12.7. The number of carbonyl (C=O) groups is 1. The number of carbonyl (C=O) groups excluding carboxylic acids is 1. The van der Waals surface area contributed by atoms with Crippen LogP contribution in [0.3, 0.4) is 0 Å². The van der Waals surface area contributed by atoms with Gasteiger partial charge in [-0.2, -0.15) is 5.26 Å². The van der Waals surface area contributed by atoms with Crippen molar-refractivity contribution in [3.05, 3.63) is 65.2 Å². The number of hydrogen-bond acceptors (Lipinski definition) is 3. The number of nitriles is 1. The van der Waals surface area contributed by atoms with Crippen LogP contribution in [-0.4, -0.2) is 17.6 Å². The number of rotatable bonds is 2. The first-order chi connectivity index (χ1) is 11.7. The van der Waals surface area contributed by atoms with Crippen molar-refractivity contribution in [1.82, 2.24) is 5.32 Å². The fourth-order valence-corrected chi connectivity index (χ4v) is 3.61. The zero-order chi connectivity index (χ0) is 16.6. The van der Waals surface area contributed by atoms with Gasteiger partial charge in [-0.05, 0) is 35.6 Å². The van der Waals surface area contributed by atoms with Gasteiger partial charge in [-0.3, -0.25) is 4.79 Å². The molecular weight excluding hydrogens is 300 g/mol. The molecule has 0 saturated heterocycles. The van der Waals surface area contributed by atoms with Crippen molar-refractivity contribution in [3.63, 3.8) is 0 Å². The predicted molar refractivity (Wildman–Crippen MR) is 89.5 cm³/mol. The van der Waals surface area contributed by atoms with Gasteiger partial charge in [0.05, 0.1) is 6.07 Å². The number of para-hydroxylation sites is 1. The van der Waals surface area contributed by atoms with E-state index >= 15 is 0 Å². The maximum absolute atomic E-state index is 12.7. The standard InChI is InChI=1S/C20H18N2O2/c21-13-20(10-9-14-5-1-2-7-16(14)12-20)22-19(23)18-11-15-6-3-4-8-17(15)24-18/h1-8,18H,9-12H2,(H,22,23)/t18-,20-/m1/s1. The van der Waals surface area contributed by atoms with Gasteiger partial charge in [-0.1, -0.05) is 42.5 Å². The zero-order valence-corrected chi connectivity index (χ0v) is 13.3. The summed E-state index contributed by atoms with van der Waals surface area (Å²) in [7, 11) is 0. The van der Waals surface area contributed by atoms with Gasteiger partial charge in [0.2, 0.25) is 0 Å². The molecule has 4 nitrogen and oxygen atoms in total. The number of aryl methyl sites for hydroxylation is 1. The van der Waals surface area contributed by atoms with Crippen LogP contribution in [0, 0.1) is 11.3 Å². The molecule has 0 radical (unpaired) electrons. The van der Waals surface area contributed by atoms with E-state index in [9.17, 15) is 10.1 Å². The van der Waals surface area contributed by atoms with Crippen molar-refractivity contribution in [2.24, 2.45) is 0 Å².